The molecule has 2 aromatic carbocycles. The lowest BCUT2D eigenvalue weighted by molar-refractivity contribution is -0.115. The van der Waals surface area contributed by atoms with Gasteiger partial charge < -0.3 is 10.1 Å². The lowest BCUT2D eigenvalue weighted by atomic mass is 10.1. The Morgan fingerprint density at radius 1 is 1.06 bits per heavy atom. The molecule has 4 aromatic rings. The van der Waals surface area contributed by atoms with Crippen LogP contribution in [0.15, 0.2) is 59.8 Å². The van der Waals surface area contributed by atoms with E-state index in [4.69, 9.17) is 4.74 Å². The van der Waals surface area contributed by atoms with E-state index in [1.807, 2.05) is 62.6 Å². The molecular weight excluding hydrogens is 422 g/mol. The Morgan fingerprint density at radius 2 is 1.81 bits per heavy atom. The van der Waals surface area contributed by atoms with Gasteiger partial charge in [0.1, 0.15) is 5.75 Å². The van der Waals surface area contributed by atoms with Crippen LogP contribution in [0.2, 0.25) is 0 Å². The summed E-state index contributed by atoms with van der Waals surface area (Å²) in [5, 5.41) is 8.09. The lowest BCUT2D eigenvalue weighted by Crippen LogP contribution is -2.18. The maximum atomic E-state index is 12.9. The molecule has 0 radical (unpaired) electrons. The van der Waals surface area contributed by atoms with Crippen molar-refractivity contribution in [2.75, 3.05) is 18.2 Å². The summed E-state index contributed by atoms with van der Waals surface area (Å²) in [7, 11) is 0. The fourth-order valence-electron chi connectivity index (χ4n) is 3.51. The SMILES string of the molecule is CSc1nc2nc(C)c(CC(=O)Nc3ccccc3OCCc3ccccc3)c(C)n2n1. The number of nitrogens with zero attached hydrogens (tertiary/aromatic N) is 4. The van der Waals surface area contributed by atoms with E-state index in [0.29, 0.717) is 29.0 Å². The van der Waals surface area contributed by atoms with Gasteiger partial charge in [-0.25, -0.2) is 9.50 Å². The predicted octanol–water partition coefficient (Wildman–Crippen LogP) is 4.27. The zero-order chi connectivity index (χ0) is 22.5. The van der Waals surface area contributed by atoms with Crippen molar-refractivity contribution in [2.24, 2.45) is 0 Å². The van der Waals surface area contributed by atoms with E-state index < -0.39 is 0 Å². The molecule has 0 aliphatic heterocycles. The Labute approximate surface area is 191 Å². The van der Waals surface area contributed by atoms with Crippen LogP contribution in [0.1, 0.15) is 22.5 Å². The van der Waals surface area contributed by atoms with E-state index in [1.54, 1.807) is 4.52 Å². The van der Waals surface area contributed by atoms with Crippen molar-refractivity contribution in [3.63, 3.8) is 0 Å². The molecule has 164 valence electrons. The van der Waals surface area contributed by atoms with Crippen LogP contribution in [-0.4, -0.2) is 38.4 Å². The average Bonchev–Trinajstić information content (AvgIpc) is 3.22. The second-order valence-corrected chi connectivity index (χ2v) is 8.15. The van der Waals surface area contributed by atoms with Crippen molar-refractivity contribution in [3.8, 4) is 5.75 Å². The molecule has 8 heteroatoms. The molecule has 1 amide bonds. The van der Waals surface area contributed by atoms with Gasteiger partial charge in [0.25, 0.3) is 5.78 Å². The molecule has 0 saturated carbocycles. The molecule has 7 nitrogen and oxygen atoms in total. The van der Waals surface area contributed by atoms with E-state index in [0.717, 1.165) is 23.4 Å². The Balaban J connectivity index is 1.45. The first-order chi connectivity index (χ1) is 15.5. The highest BCUT2D eigenvalue weighted by molar-refractivity contribution is 7.98. The number of rotatable bonds is 8. The monoisotopic (exact) mass is 447 g/mol. The van der Waals surface area contributed by atoms with Crippen molar-refractivity contribution < 1.29 is 9.53 Å². The molecule has 0 aliphatic carbocycles. The first kappa shape index (κ1) is 21.8. The second kappa shape index (κ2) is 9.82. The fourth-order valence-corrected chi connectivity index (χ4v) is 3.84. The third-order valence-electron chi connectivity index (χ3n) is 5.20. The molecule has 0 saturated heterocycles. The number of nitrogens with one attached hydrogen (secondary N) is 1. The number of carbonyl (C=O) groups excluding carboxylic acids is 1. The predicted molar refractivity (Wildman–Crippen MR) is 126 cm³/mol. The smallest absolute Gasteiger partial charge is 0.253 e. The van der Waals surface area contributed by atoms with Gasteiger partial charge in [0.2, 0.25) is 11.1 Å². The normalized spacial score (nSPS) is 11.0. The highest BCUT2D eigenvalue weighted by atomic mass is 32.2. The number of ether oxygens (including phenoxy) is 1. The van der Waals surface area contributed by atoms with Gasteiger partial charge in [-0.1, -0.05) is 54.2 Å². The first-order valence-electron chi connectivity index (χ1n) is 10.4. The minimum absolute atomic E-state index is 0.137. The topological polar surface area (TPSA) is 81.4 Å². The van der Waals surface area contributed by atoms with Crippen molar-refractivity contribution in [1.29, 1.82) is 0 Å². The Bertz CT molecular complexity index is 1240. The number of hydrogen-bond acceptors (Lipinski definition) is 6. The molecule has 0 bridgehead atoms. The number of para-hydroxylation sites is 2. The molecular formula is C24H25N5O2S. The number of carbonyl (C=O) groups is 1. The summed E-state index contributed by atoms with van der Waals surface area (Å²) in [5.41, 5.74) is 4.34. The van der Waals surface area contributed by atoms with Gasteiger partial charge >= 0.3 is 0 Å². The van der Waals surface area contributed by atoms with E-state index in [1.165, 1.54) is 17.3 Å². The lowest BCUT2D eigenvalue weighted by Gasteiger charge is -2.14. The molecule has 0 unspecified atom stereocenters. The average molecular weight is 448 g/mol. The number of thioether (sulfide) groups is 1. The first-order valence-corrected chi connectivity index (χ1v) is 11.6. The van der Waals surface area contributed by atoms with Gasteiger partial charge in [0, 0.05) is 23.4 Å². The molecule has 4 rings (SSSR count). The summed E-state index contributed by atoms with van der Waals surface area (Å²) >= 11 is 1.46. The molecule has 2 heterocycles. The van der Waals surface area contributed by atoms with Crippen molar-refractivity contribution in [1.82, 2.24) is 19.6 Å². The Hall–Kier alpha value is -3.39. The van der Waals surface area contributed by atoms with Gasteiger partial charge in [-0.3, -0.25) is 4.79 Å². The number of fused-ring (bicyclic) bond motifs is 1. The molecule has 0 aliphatic rings. The summed E-state index contributed by atoms with van der Waals surface area (Å²) in [6, 6.07) is 17.7. The largest absolute Gasteiger partial charge is 0.491 e. The number of aromatic nitrogens is 4. The van der Waals surface area contributed by atoms with E-state index in [9.17, 15) is 4.79 Å². The van der Waals surface area contributed by atoms with Gasteiger partial charge in [-0.05, 0) is 37.8 Å². The summed E-state index contributed by atoms with van der Waals surface area (Å²) in [4.78, 5) is 21.8. The van der Waals surface area contributed by atoms with E-state index >= 15 is 0 Å². The molecule has 32 heavy (non-hydrogen) atoms. The maximum absolute atomic E-state index is 12.9. The third kappa shape index (κ3) is 4.91. The number of amides is 1. The van der Waals surface area contributed by atoms with Gasteiger partial charge in [-0.2, -0.15) is 4.98 Å². The summed E-state index contributed by atoms with van der Waals surface area (Å²) in [5.74, 6) is 1.06. The van der Waals surface area contributed by atoms with Crippen LogP contribution in [-0.2, 0) is 17.6 Å². The van der Waals surface area contributed by atoms with Crippen LogP contribution in [0.5, 0.6) is 5.75 Å². The maximum Gasteiger partial charge on any atom is 0.253 e. The van der Waals surface area contributed by atoms with Gasteiger partial charge in [0.15, 0.2) is 0 Å². The summed E-state index contributed by atoms with van der Waals surface area (Å²) in [6.07, 6.45) is 2.90. The van der Waals surface area contributed by atoms with Crippen LogP contribution >= 0.6 is 11.8 Å². The number of benzene rings is 2. The number of hydrogen-bond donors (Lipinski definition) is 1. The zero-order valence-corrected chi connectivity index (χ0v) is 19.1. The van der Waals surface area contributed by atoms with Crippen molar-refractivity contribution in [3.05, 3.63) is 77.1 Å². The standard InChI is InChI=1S/C24H25N5O2S/c1-16-19(17(2)29-23(25-16)27-24(28-29)32-3)15-22(30)26-20-11-7-8-12-21(20)31-14-13-18-9-5-4-6-10-18/h4-12H,13-15H2,1-3H3,(H,26,30). The van der Waals surface area contributed by atoms with Crippen LogP contribution in [0.3, 0.4) is 0 Å². The van der Waals surface area contributed by atoms with Gasteiger partial charge in [-0.15, -0.1) is 5.10 Å². The minimum Gasteiger partial charge on any atom is -0.491 e. The van der Waals surface area contributed by atoms with E-state index in [2.05, 4.69) is 32.5 Å². The quantitative estimate of drug-likeness (QED) is 0.406. The van der Waals surface area contributed by atoms with Crippen LogP contribution in [0.25, 0.3) is 5.78 Å². The molecule has 0 spiro atoms. The van der Waals surface area contributed by atoms with Crippen molar-refractivity contribution in [2.45, 2.75) is 31.8 Å². The fraction of sp³-hybridized carbons (Fsp3) is 0.250. The van der Waals surface area contributed by atoms with Gasteiger partial charge in [0.05, 0.1) is 18.7 Å². The second-order valence-electron chi connectivity index (χ2n) is 7.38. The minimum atomic E-state index is -0.137. The Kier molecular flexibility index (Phi) is 6.70. The molecule has 0 atom stereocenters. The van der Waals surface area contributed by atoms with Crippen LogP contribution in [0.4, 0.5) is 5.69 Å². The van der Waals surface area contributed by atoms with Crippen LogP contribution in [0, 0.1) is 13.8 Å². The highest BCUT2D eigenvalue weighted by Gasteiger charge is 2.17. The molecule has 0 fully saturated rings. The van der Waals surface area contributed by atoms with Crippen LogP contribution < -0.4 is 10.1 Å². The zero-order valence-electron chi connectivity index (χ0n) is 18.3. The number of aryl methyl sites for hydroxylation is 2. The van der Waals surface area contributed by atoms with E-state index in [-0.39, 0.29) is 12.3 Å². The molecule has 2 aromatic heterocycles. The summed E-state index contributed by atoms with van der Waals surface area (Å²) in [6.45, 7) is 4.35. The Morgan fingerprint density at radius 3 is 2.59 bits per heavy atom. The highest BCUT2D eigenvalue weighted by Crippen LogP contribution is 2.25. The van der Waals surface area contributed by atoms with Crippen molar-refractivity contribution >= 4 is 29.1 Å². The summed E-state index contributed by atoms with van der Waals surface area (Å²) < 4.78 is 7.66. The molecule has 1 N–H and O–H groups in total. The number of anilines is 1. The third-order valence-corrected chi connectivity index (χ3v) is 5.74.